The zero-order valence-electron chi connectivity index (χ0n) is 35.9. The molecule has 62 heavy (non-hydrogen) atoms. The summed E-state index contributed by atoms with van der Waals surface area (Å²) >= 11 is 0. The van der Waals surface area contributed by atoms with Gasteiger partial charge in [0, 0.05) is 64.2 Å². The molecule has 0 saturated carbocycles. The number of anilines is 2. The van der Waals surface area contributed by atoms with Crippen molar-refractivity contribution in [3.05, 3.63) is 88.7 Å². The number of imidazole rings is 1. The van der Waals surface area contributed by atoms with Crippen molar-refractivity contribution < 1.29 is 54.5 Å². The number of benzene rings is 3. The maximum Gasteiger partial charge on any atom is 0.229 e. The third-order valence-electron chi connectivity index (χ3n) is 9.77. The molecule has 10 N–H and O–H groups in total. The maximum absolute atomic E-state index is 12.7. The van der Waals surface area contributed by atoms with Gasteiger partial charge in [0.25, 0.3) is 0 Å². The van der Waals surface area contributed by atoms with E-state index in [0.717, 1.165) is 68.6 Å². The van der Waals surface area contributed by atoms with Crippen LogP contribution in [0, 0.1) is 0 Å². The molecular weight excluding hydrogens is 803 g/mol. The van der Waals surface area contributed by atoms with Gasteiger partial charge in [0.15, 0.2) is 5.82 Å². The summed E-state index contributed by atoms with van der Waals surface area (Å²) in [6.45, 7) is 5.31. The smallest absolute Gasteiger partial charge is 0.229 e. The zero-order valence-corrected chi connectivity index (χ0v) is 35.9. The number of hydrogen-bond acceptors (Lipinski definition) is 16. The summed E-state index contributed by atoms with van der Waals surface area (Å²) in [5.41, 5.74) is 11.7. The lowest BCUT2D eigenvalue weighted by molar-refractivity contribution is -0.277. The van der Waals surface area contributed by atoms with Gasteiger partial charge in [-0.1, -0.05) is 49.7 Å². The third-order valence-corrected chi connectivity index (χ3v) is 9.77. The van der Waals surface area contributed by atoms with Gasteiger partial charge >= 0.3 is 0 Å². The van der Waals surface area contributed by atoms with Crippen molar-refractivity contribution in [3.8, 4) is 5.75 Å². The fourth-order valence-electron chi connectivity index (χ4n) is 6.85. The first-order valence-electron chi connectivity index (χ1n) is 20.1. The molecule has 0 aliphatic carbocycles. The van der Waals surface area contributed by atoms with Crippen LogP contribution in [0.3, 0.4) is 0 Å². The molecule has 0 spiro atoms. The molecule has 1 aliphatic rings. The normalized spacial score (nSPS) is 18.1. The van der Waals surface area contributed by atoms with Crippen molar-refractivity contribution in [3.63, 3.8) is 0 Å². The molecule has 5 atom stereocenters. The quantitative estimate of drug-likeness (QED) is 0.0605. The van der Waals surface area contributed by atoms with E-state index in [4.69, 9.17) is 40.2 Å². The van der Waals surface area contributed by atoms with Crippen LogP contribution in [0.4, 0.5) is 11.5 Å². The van der Waals surface area contributed by atoms with Crippen molar-refractivity contribution in [2.24, 2.45) is 5.73 Å². The van der Waals surface area contributed by atoms with Crippen molar-refractivity contribution in [2.45, 2.75) is 82.9 Å². The highest BCUT2D eigenvalue weighted by Gasteiger charge is 2.45. The second-order valence-electron chi connectivity index (χ2n) is 14.4. The summed E-state index contributed by atoms with van der Waals surface area (Å²) in [5.74, 6) is 1.18. The lowest BCUT2D eigenvalue weighted by Crippen LogP contribution is -2.60. The Hall–Kier alpha value is -5.41. The number of carbonyl (C=O) groups is 3. The zero-order chi connectivity index (χ0) is 45.9. The van der Waals surface area contributed by atoms with E-state index in [0.29, 0.717) is 34.5 Å². The van der Waals surface area contributed by atoms with E-state index < -0.39 is 37.3 Å². The lowest BCUT2D eigenvalue weighted by Gasteiger charge is -2.39. The SMILES string of the molecule is C=O.CCCCc1nc2c(NCc3ccc(O[C@H]4OC(CO)[C@@H](O)C(O)C4O)c(NC(=O)CCN)c3)nc3cc(C=O)ccc3c2n1Cc1ccc(CN(C)C)cc1.CO.CO. The van der Waals surface area contributed by atoms with E-state index in [9.17, 15) is 30.0 Å². The van der Waals surface area contributed by atoms with Gasteiger partial charge in [-0.05, 0) is 61.5 Å². The van der Waals surface area contributed by atoms with Crippen LogP contribution in [-0.2, 0) is 40.4 Å². The molecule has 3 aromatic carbocycles. The Morgan fingerprint density at radius 2 is 1.63 bits per heavy atom. The molecule has 1 saturated heterocycles. The van der Waals surface area contributed by atoms with Gasteiger partial charge in [-0.25, -0.2) is 9.97 Å². The summed E-state index contributed by atoms with van der Waals surface area (Å²) in [5, 5.41) is 61.9. The molecule has 2 aromatic heterocycles. The highest BCUT2D eigenvalue weighted by molar-refractivity contribution is 6.08. The molecule has 6 rings (SSSR count). The Morgan fingerprint density at radius 1 is 0.952 bits per heavy atom. The van der Waals surface area contributed by atoms with E-state index in [-0.39, 0.29) is 36.9 Å². The molecule has 1 amide bonds. The summed E-state index contributed by atoms with van der Waals surface area (Å²) in [4.78, 5) is 44.9. The Kier molecular flexibility index (Phi) is 21.0. The molecule has 3 heterocycles. The van der Waals surface area contributed by atoms with E-state index in [1.165, 1.54) is 5.56 Å². The summed E-state index contributed by atoms with van der Waals surface area (Å²) in [6.07, 6.45) is -3.94. The van der Waals surface area contributed by atoms with Crippen LogP contribution in [0.1, 0.15) is 59.1 Å². The predicted octanol–water partition coefficient (Wildman–Crippen LogP) is 1.96. The summed E-state index contributed by atoms with van der Waals surface area (Å²) < 4.78 is 13.7. The van der Waals surface area contributed by atoms with Crippen molar-refractivity contribution >= 4 is 52.4 Å². The maximum atomic E-state index is 12.7. The molecule has 338 valence electrons. The van der Waals surface area contributed by atoms with Gasteiger partial charge in [0.1, 0.15) is 54.6 Å². The first-order valence-corrected chi connectivity index (χ1v) is 20.1. The molecular formula is C44H61N7O11. The number of hydrogen-bond donors (Lipinski definition) is 9. The number of aliphatic hydroxyl groups excluding tert-OH is 6. The van der Waals surface area contributed by atoms with Crippen molar-refractivity contribution in [1.29, 1.82) is 0 Å². The van der Waals surface area contributed by atoms with Crippen LogP contribution in [0.5, 0.6) is 5.75 Å². The number of amides is 1. The number of unbranched alkanes of at least 4 members (excludes halogenated alkanes) is 1. The molecule has 5 aromatic rings. The number of aldehydes is 1. The number of aryl methyl sites for hydroxylation is 1. The third kappa shape index (κ3) is 12.8. The van der Waals surface area contributed by atoms with Crippen LogP contribution in [0.25, 0.3) is 21.9 Å². The molecule has 1 fully saturated rings. The van der Waals surface area contributed by atoms with E-state index in [1.807, 2.05) is 27.0 Å². The summed E-state index contributed by atoms with van der Waals surface area (Å²) in [7, 11) is 6.09. The number of aliphatic hydroxyl groups is 6. The van der Waals surface area contributed by atoms with Crippen LogP contribution in [-0.4, -0.2) is 141 Å². The van der Waals surface area contributed by atoms with E-state index in [2.05, 4.69) is 51.3 Å². The minimum atomic E-state index is -1.65. The number of fused-ring (bicyclic) bond motifs is 3. The fraction of sp³-hybridized carbons (Fsp3) is 0.432. The second kappa shape index (κ2) is 25.5. The van der Waals surface area contributed by atoms with Gasteiger partial charge in [-0.3, -0.25) is 9.59 Å². The molecule has 0 bridgehead atoms. The van der Waals surface area contributed by atoms with Crippen LogP contribution >= 0.6 is 0 Å². The van der Waals surface area contributed by atoms with Gasteiger partial charge < -0.3 is 70.7 Å². The minimum absolute atomic E-state index is 0.0347. The Labute approximate surface area is 360 Å². The topological polar surface area (TPSA) is 275 Å². The highest BCUT2D eigenvalue weighted by atomic mass is 16.7. The Bertz CT molecular complexity index is 2170. The number of ether oxygens (including phenoxy) is 2. The lowest BCUT2D eigenvalue weighted by atomic mass is 9.99. The second-order valence-corrected chi connectivity index (χ2v) is 14.4. The first-order chi connectivity index (χ1) is 30.0. The number of nitrogens with one attached hydrogen (secondary N) is 2. The van der Waals surface area contributed by atoms with E-state index >= 15 is 0 Å². The van der Waals surface area contributed by atoms with E-state index in [1.54, 1.807) is 30.3 Å². The minimum Gasteiger partial charge on any atom is -0.460 e. The number of pyridine rings is 1. The average Bonchev–Trinajstić information content (AvgIpc) is 3.65. The number of carbonyl (C=O) groups excluding carboxylic acids is 3. The van der Waals surface area contributed by atoms with Crippen LogP contribution < -0.4 is 21.1 Å². The number of nitrogens with zero attached hydrogens (tertiary/aromatic N) is 4. The largest absolute Gasteiger partial charge is 0.460 e. The van der Waals surface area contributed by atoms with Crippen LogP contribution in [0.15, 0.2) is 60.7 Å². The molecule has 18 nitrogen and oxygen atoms in total. The monoisotopic (exact) mass is 863 g/mol. The van der Waals surface area contributed by atoms with Crippen molar-refractivity contribution in [1.82, 2.24) is 19.4 Å². The Morgan fingerprint density at radius 3 is 2.26 bits per heavy atom. The van der Waals surface area contributed by atoms with Gasteiger partial charge in [-0.2, -0.15) is 0 Å². The van der Waals surface area contributed by atoms with Gasteiger partial charge in [-0.15, -0.1) is 0 Å². The fourth-order valence-corrected chi connectivity index (χ4v) is 6.85. The molecule has 0 radical (unpaired) electrons. The first kappa shape index (κ1) is 50.9. The molecule has 1 aliphatic heterocycles. The molecule has 18 heteroatoms. The Balaban J connectivity index is 0.00000163. The predicted molar refractivity (Wildman–Crippen MR) is 236 cm³/mol. The number of aromatic nitrogens is 3. The van der Waals surface area contributed by atoms with Gasteiger partial charge in [0.2, 0.25) is 12.2 Å². The highest BCUT2D eigenvalue weighted by Crippen LogP contribution is 2.34. The van der Waals surface area contributed by atoms with Crippen LogP contribution in [0.2, 0.25) is 0 Å². The number of rotatable bonds is 17. The molecule has 3 unspecified atom stereocenters. The van der Waals surface area contributed by atoms with Gasteiger partial charge in [0.05, 0.1) is 23.3 Å². The van der Waals surface area contributed by atoms with Crippen molar-refractivity contribution in [2.75, 3.05) is 52.1 Å². The average molecular weight is 864 g/mol. The number of nitrogens with two attached hydrogens (primary N) is 1. The standard InChI is InChI=1S/C41H51N7O8.2CH4O.CH2O/c1-4-5-6-33-46-35-36(48(33)21-25-9-7-24(8-10-25)20-47(2)3)28-13-11-27(22-49)18-29(28)45-40(35)43-19-26-12-14-31(30(17-26)44-34(51)15-16-42)55-41-39(54)38(53)37(52)32(23-50)56-41;3*1-2/h7-14,17-18,22,32,37-39,41,50,52-54H,4-6,15-16,19-21,23,42H2,1-3H3,(H,43,45)(H,44,51);2*2H,1H3;1H2/t32?,37-,38?,39?,41+;;;/m1.../s1. The summed E-state index contributed by atoms with van der Waals surface area (Å²) in [6, 6.07) is 19.1.